The summed E-state index contributed by atoms with van der Waals surface area (Å²) in [4.78, 5) is 18.4. The molecule has 186 valence electrons. The second-order valence-corrected chi connectivity index (χ2v) is 10.3. The van der Waals surface area contributed by atoms with Crippen LogP contribution in [0.3, 0.4) is 0 Å². The van der Waals surface area contributed by atoms with Gasteiger partial charge in [-0.25, -0.2) is 5.01 Å². The Morgan fingerprint density at radius 3 is 2.31 bits per heavy atom. The van der Waals surface area contributed by atoms with E-state index >= 15 is 0 Å². The largest absolute Gasteiger partial charge is 0.297 e. The van der Waals surface area contributed by atoms with Crippen molar-refractivity contribution in [2.75, 3.05) is 32.7 Å². The van der Waals surface area contributed by atoms with Gasteiger partial charge in [0.2, 0.25) is 0 Å². The van der Waals surface area contributed by atoms with Crippen LogP contribution >= 0.6 is 0 Å². The smallest absolute Gasteiger partial charge is 0.257 e. The lowest BCUT2D eigenvalue weighted by Crippen LogP contribution is -2.49. The number of carbonyl (C=O) groups excluding carboxylic acids is 1. The lowest BCUT2D eigenvalue weighted by molar-refractivity contribution is -0.134. The highest BCUT2D eigenvalue weighted by Gasteiger charge is 2.35. The first kappa shape index (κ1) is 24.4. The van der Waals surface area contributed by atoms with Crippen LogP contribution in [0.4, 0.5) is 0 Å². The predicted molar refractivity (Wildman–Crippen MR) is 146 cm³/mol. The third-order valence-corrected chi connectivity index (χ3v) is 7.38. The summed E-state index contributed by atoms with van der Waals surface area (Å²) in [6, 6.07) is 25.5. The fraction of sp³-hybridized carbons (Fsp3) is 0.355. The maximum Gasteiger partial charge on any atom is 0.257 e. The number of hydrogen-bond acceptors (Lipinski definition) is 4. The van der Waals surface area contributed by atoms with E-state index in [1.807, 2.05) is 0 Å². The number of benzene rings is 3. The standard InChI is InChI=1S/C31H36N4O/c1-23-8-7-11-27(18-23)29-20-30(28-19-24(2)12-13-25(28)3)35(32-29)31(36)22-34-16-14-33(15-17-34)21-26-9-5-4-6-10-26/h4-13,18-19,30H,14-17,20-22H2,1-3H3/t30-/m0/s1. The molecule has 0 aliphatic carbocycles. The third kappa shape index (κ3) is 5.58. The molecule has 5 heteroatoms. The fourth-order valence-electron chi connectivity index (χ4n) is 5.31. The zero-order chi connectivity index (χ0) is 25.1. The summed E-state index contributed by atoms with van der Waals surface area (Å²) in [5.41, 5.74) is 8.26. The number of hydrazone groups is 1. The molecule has 0 spiro atoms. The first-order chi connectivity index (χ1) is 17.5. The molecule has 1 fully saturated rings. The van der Waals surface area contributed by atoms with Crippen LogP contribution in [0, 0.1) is 20.8 Å². The average Bonchev–Trinajstić information content (AvgIpc) is 3.33. The van der Waals surface area contributed by atoms with E-state index in [0.29, 0.717) is 6.54 Å². The van der Waals surface area contributed by atoms with Crippen molar-refractivity contribution >= 4 is 11.6 Å². The predicted octanol–water partition coefficient (Wildman–Crippen LogP) is 5.11. The van der Waals surface area contributed by atoms with E-state index in [1.165, 1.54) is 27.8 Å². The van der Waals surface area contributed by atoms with Gasteiger partial charge >= 0.3 is 0 Å². The van der Waals surface area contributed by atoms with Gasteiger partial charge in [-0.1, -0.05) is 83.9 Å². The highest BCUT2D eigenvalue weighted by molar-refractivity contribution is 6.03. The van der Waals surface area contributed by atoms with Gasteiger partial charge in [0.25, 0.3) is 5.91 Å². The van der Waals surface area contributed by atoms with E-state index in [2.05, 4.69) is 103 Å². The van der Waals surface area contributed by atoms with E-state index < -0.39 is 0 Å². The van der Waals surface area contributed by atoms with Gasteiger partial charge in [-0.2, -0.15) is 5.10 Å². The van der Waals surface area contributed by atoms with Crippen LogP contribution in [0.15, 0.2) is 77.9 Å². The zero-order valence-corrected chi connectivity index (χ0v) is 21.7. The minimum atomic E-state index is -0.0627. The van der Waals surface area contributed by atoms with Crippen LogP contribution in [-0.2, 0) is 11.3 Å². The van der Waals surface area contributed by atoms with Gasteiger partial charge in [-0.15, -0.1) is 0 Å². The van der Waals surface area contributed by atoms with Crippen LogP contribution in [0.25, 0.3) is 0 Å². The van der Waals surface area contributed by atoms with Crippen molar-refractivity contribution in [2.45, 2.75) is 39.8 Å². The molecule has 0 unspecified atom stereocenters. The van der Waals surface area contributed by atoms with E-state index in [-0.39, 0.29) is 11.9 Å². The number of rotatable bonds is 6. The molecule has 0 saturated carbocycles. The summed E-state index contributed by atoms with van der Waals surface area (Å²) in [6.07, 6.45) is 0.740. The molecule has 1 atom stereocenters. The molecular weight excluding hydrogens is 444 g/mol. The van der Waals surface area contributed by atoms with Gasteiger partial charge in [0.15, 0.2) is 0 Å². The lowest BCUT2D eigenvalue weighted by atomic mass is 9.93. The maximum atomic E-state index is 13.7. The molecule has 3 aromatic carbocycles. The normalized spacial score (nSPS) is 18.9. The Labute approximate surface area is 215 Å². The minimum Gasteiger partial charge on any atom is -0.297 e. The summed E-state index contributed by atoms with van der Waals surface area (Å²) < 4.78 is 0. The van der Waals surface area contributed by atoms with Gasteiger partial charge < -0.3 is 0 Å². The molecule has 5 rings (SSSR count). The average molecular weight is 481 g/mol. The van der Waals surface area contributed by atoms with Crippen molar-refractivity contribution in [1.29, 1.82) is 0 Å². The van der Waals surface area contributed by atoms with Crippen LogP contribution < -0.4 is 0 Å². The van der Waals surface area contributed by atoms with Gasteiger partial charge in [0.05, 0.1) is 18.3 Å². The number of aryl methyl sites for hydroxylation is 3. The Morgan fingerprint density at radius 2 is 1.56 bits per heavy atom. The van der Waals surface area contributed by atoms with E-state index in [4.69, 9.17) is 5.10 Å². The third-order valence-electron chi connectivity index (χ3n) is 7.38. The molecule has 0 N–H and O–H groups in total. The second-order valence-electron chi connectivity index (χ2n) is 10.3. The molecule has 36 heavy (non-hydrogen) atoms. The molecule has 2 heterocycles. The molecule has 0 bridgehead atoms. The molecule has 0 radical (unpaired) electrons. The summed E-state index contributed by atoms with van der Waals surface area (Å²) in [5, 5.41) is 6.70. The Morgan fingerprint density at radius 1 is 0.833 bits per heavy atom. The first-order valence-corrected chi connectivity index (χ1v) is 13.0. The molecule has 2 aliphatic heterocycles. The first-order valence-electron chi connectivity index (χ1n) is 13.0. The number of nitrogens with zero attached hydrogens (tertiary/aromatic N) is 4. The van der Waals surface area contributed by atoms with Crippen LogP contribution in [-0.4, -0.2) is 59.2 Å². The van der Waals surface area contributed by atoms with Crippen molar-refractivity contribution in [2.24, 2.45) is 5.10 Å². The number of amides is 1. The lowest BCUT2D eigenvalue weighted by Gasteiger charge is -2.35. The van der Waals surface area contributed by atoms with E-state index in [0.717, 1.165) is 50.4 Å². The van der Waals surface area contributed by atoms with Crippen LogP contribution in [0.1, 0.15) is 45.8 Å². The molecule has 1 saturated heterocycles. The Kier molecular flexibility index (Phi) is 7.30. The molecule has 2 aliphatic rings. The Hall–Kier alpha value is -3.28. The molecule has 5 nitrogen and oxygen atoms in total. The summed E-state index contributed by atoms with van der Waals surface area (Å²) in [5.74, 6) is 0.0834. The van der Waals surface area contributed by atoms with E-state index in [1.54, 1.807) is 5.01 Å². The fourth-order valence-corrected chi connectivity index (χ4v) is 5.31. The Bertz CT molecular complexity index is 1240. The molecular formula is C31H36N4O. The molecule has 1 amide bonds. The van der Waals surface area contributed by atoms with Crippen molar-refractivity contribution in [3.63, 3.8) is 0 Å². The van der Waals surface area contributed by atoms with E-state index in [9.17, 15) is 4.79 Å². The van der Waals surface area contributed by atoms with Gasteiger partial charge in [0.1, 0.15) is 0 Å². The van der Waals surface area contributed by atoms with Gasteiger partial charge in [-0.3, -0.25) is 14.6 Å². The Balaban J connectivity index is 1.30. The monoisotopic (exact) mass is 480 g/mol. The highest BCUT2D eigenvalue weighted by atomic mass is 16.2. The molecule has 3 aromatic rings. The quantitative estimate of drug-likeness (QED) is 0.492. The summed E-state index contributed by atoms with van der Waals surface area (Å²) in [7, 11) is 0. The van der Waals surface area contributed by atoms with Crippen molar-refractivity contribution in [3.8, 4) is 0 Å². The zero-order valence-electron chi connectivity index (χ0n) is 21.7. The minimum absolute atomic E-state index is 0.0627. The number of carbonyl (C=O) groups is 1. The maximum absolute atomic E-state index is 13.7. The second kappa shape index (κ2) is 10.8. The topological polar surface area (TPSA) is 39.2 Å². The van der Waals surface area contributed by atoms with Crippen LogP contribution in [0.5, 0.6) is 0 Å². The summed E-state index contributed by atoms with van der Waals surface area (Å²) >= 11 is 0. The number of piperazine rings is 1. The van der Waals surface area contributed by atoms with Crippen molar-refractivity contribution < 1.29 is 4.79 Å². The van der Waals surface area contributed by atoms with Crippen LogP contribution in [0.2, 0.25) is 0 Å². The van der Waals surface area contributed by atoms with Crippen molar-refractivity contribution in [1.82, 2.24) is 14.8 Å². The molecule has 0 aromatic heterocycles. The highest BCUT2D eigenvalue weighted by Crippen LogP contribution is 2.35. The SMILES string of the molecule is Cc1cccc(C2=NN(C(=O)CN3CCN(Cc4ccccc4)CC3)[C@H](c3cc(C)ccc3C)C2)c1. The van der Waals surface area contributed by atoms with Gasteiger partial charge in [0, 0.05) is 39.1 Å². The number of hydrogen-bond donors (Lipinski definition) is 0. The summed E-state index contributed by atoms with van der Waals surface area (Å²) in [6.45, 7) is 11.5. The van der Waals surface area contributed by atoms with Crippen molar-refractivity contribution in [3.05, 3.63) is 106 Å². The van der Waals surface area contributed by atoms with Gasteiger partial charge in [-0.05, 0) is 43.0 Å².